The first kappa shape index (κ1) is 22.5. The first-order valence-electron chi connectivity index (χ1n) is 9.16. The molecule has 0 radical (unpaired) electrons. The van der Waals surface area contributed by atoms with Gasteiger partial charge in [0, 0.05) is 5.56 Å². The Balaban J connectivity index is 1.95. The van der Waals surface area contributed by atoms with Gasteiger partial charge < -0.3 is 15.2 Å². The Bertz CT molecular complexity index is 830. The molecule has 0 saturated heterocycles. The number of rotatable bonds is 7. The van der Waals surface area contributed by atoms with Crippen molar-refractivity contribution >= 4 is 11.9 Å². The van der Waals surface area contributed by atoms with E-state index in [9.17, 15) is 18.4 Å². The van der Waals surface area contributed by atoms with Crippen LogP contribution >= 0.6 is 0 Å². The van der Waals surface area contributed by atoms with Crippen LogP contribution in [-0.2, 0) is 38.0 Å². The molecule has 0 fully saturated rings. The molecular formula is C22H25F2NO4. The second-order valence-corrected chi connectivity index (χ2v) is 7.68. The molecule has 1 atom stereocenters. The molecule has 0 amide bonds. The summed E-state index contributed by atoms with van der Waals surface area (Å²) in [5.41, 5.74) is 5.75. The van der Waals surface area contributed by atoms with Crippen LogP contribution in [0, 0.1) is 0 Å². The van der Waals surface area contributed by atoms with Gasteiger partial charge in [-0.25, -0.2) is 4.79 Å². The molecule has 0 aromatic heterocycles. The number of ether oxygens (including phenoxy) is 2. The predicted octanol–water partition coefficient (Wildman–Crippen LogP) is 3.73. The molecule has 0 saturated carbocycles. The molecule has 0 aliphatic carbocycles. The lowest BCUT2D eigenvalue weighted by atomic mass is 10.0. The minimum absolute atomic E-state index is 0.106. The van der Waals surface area contributed by atoms with Gasteiger partial charge in [-0.05, 0) is 38.3 Å². The van der Waals surface area contributed by atoms with Crippen LogP contribution in [0.1, 0.15) is 37.5 Å². The average molecular weight is 405 g/mol. The zero-order chi connectivity index (χ0) is 21.7. The highest BCUT2D eigenvalue weighted by Crippen LogP contribution is 2.31. The second kappa shape index (κ2) is 9.13. The van der Waals surface area contributed by atoms with Crippen LogP contribution in [0.5, 0.6) is 0 Å². The molecule has 5 nitrogen and oxygen atoms in total. The fraction of sp³-hybridized carbons (Fsp3) is 0.364. The van der Waals surface area contributed by atoms with Crippen molar-refractivity contribution in [2.45, 2.75) is 51.4 Å². The van der Waals surface area contributed by atoms with Crippen LogP contribution in [0.25, 0.3) is 0 Å². The quantitative estimate of drug-likeness (QED) is 0.710. The summed E-state index contributed by atoms with van der Waals surface area (Å²) in [6.07, 6.45) is 0.117. The van der Waals surface area contributed by atoms with Crippen LogP contribution in [-0.4, -0.2) is 23.6 Å². The minimum atomic E-state index is -3.78. The molecule has 2 aromatic carbocycles. The molecule has 156 valence electrons. The van der Waals surface area contributed by atoms with Gasteiger partial charge in [-0.2, -0.15) is 8.78 Å². The Kier molecular flexibility index (Phi) is 7.08. The first-order valence-corrected chi connectivity index (χ1v) is 9.16. The molecule has 0 aliphatic rings. The summed E-state index contributed by atoms with van der Waals surface area (Å²) in [5, 5.41) is 0. The number of benzene rings is 2. The molecule has 7 heteroatoms. The Morgan fingerprint density at radius 1 is 0.966 bits per heavy atom. The van der Waals surface area contributed by atoms with E-state index in [0.717, 1.165) is 17.7 Å². The number of alkyl halides is 2. The van der Waals surface area contributed by atoms with Crippen molar-refractivity contribution in [3.63, 3.8) is 0 Å². The normalized spacial score (nSPS) is 12.9. The summed E-state index contributed by atoms with van der Waals surface area (Å²) < 4.78 is 38.5. The Morgan fingerprint density at radius 2 is 1.55 bits per heavy atom. The third-order valence-corrected chi connectivity index (χ3v) is 3.95. The van der Waals surface area contributed by atoms with Crippen molar-refractivity contribution in [3.05, 3.63) is 71.3 Å². The van der Waals surface area contributed by atoms with Gasteiger partial charge in [0.15, 0.2) is 0 Å². The third kappa shape index (κ3) is 6.64. The SMILES string of the molecule is CC(C)(C)OC(=O)C(F)(F)c1ccc(CC(N)C(=O)OCc2ccccc2)cc1. The maximum atomic E-state index is 14.3. The minimum Gasteiger partial charge on any atom is -0.460 e. The van der Waals surface area contributed by atoms with Gasteiger partial charge in [-0.15, -0.1) is 0 Å². The maximum absolute atomic E-state index is 14.3. The van der Waals surface area contributed by atoms with Crippen LogP contribution in [0.4, 0.5) is 8.78 Å². The second-order valence-electron chi connectivity index (χ2n) is 7.68. The third-order valence-electron chi connectivity index (χ3n) is 3.95. The molecule has 0 bridgehead atoms. The first-order chi connectivity index (χ1) is 13.5. The Labute approximate surface area is 168 Å². The monoisotopic (exact) mass is 405 g/mol. The maximum Gasteiger partial charge on any atom is 0.382 e. The number of carbonyl (C=O) groups is 2. The number of hydrogen-bond acceptors (Lipinski definition) is 5. The van der Waals surface area contributed by atoms with Gasteiger partial charge in [0.2, 0.25) is 0 Å². The summed E-state index contributed by atoms with van der Waals surface area (Å²) in [4.78, 5) is 23.8. The summed E-state index contributed by atoms with van der Waals surface area (Å²) in [6.45, 7) is 4.65. The van der Waals surface area contributed by atoms with Crippen molar-refractivity contribution in [2.75, 3.05) is 0 Å². The molecule has 2 aromatic rings. The van der Waals surface area contributed by atoms with Crippen molar-refractivity contribution in [3.8, 4) is 0 Å². The lowest BCUT2D eigenvalue weighted by Crippen LogP contribution is -2.35. The number of esters is 2. The summed E-state index contributed by atoms with van der Waals surface area (Å²) >= 11 is 0. The molecule has 0 aliphatic heterocycles. The van der Waals surface area contributed by atoms with Crippen LogP contribution in [0.15, 0.2) is 54.6 Å². The highest BCUT2D eigenvalue weighted by molar-refractivity contribution is 5.79. The van der Waals surface area contributed by atoms with E-state index < -0.39 is 35.1 Å². The lowest BCUT2D eigenvalue weighted by molar-refractivity contribution is -0.185. The zero-order valence-corrected chi connectivity index (χ0v) is 16.7. The highest BCUT2D eigenvalue weighted by Gasteiger charge is 2.44. The molecule has 1 unspecified atom stereocenters. The van der Waals surface area contributed by atoms with Gasteiger partial charge in [0.25, 0.3) is 0 Å². The van der Waals surface area contributed by atoms with Crippen molar-refractivity contribution in [1.82, 2.24) is 0 Å². The van der Waals surface area contributed by atoms with E-state index in [4.69, 9.17) is 15.2 Å². The zero-order valence-electron chi connectivity index (χ0n) is 16.7. The van der Waals surface area contributed by atoms with E-state index in [1.165, 1.54) is 32.9 Å². The fourth-order valence-electron chi connectivity index (χ4n) is 2.48. The average Bonchev–Trinajstić information content (AvgIpc) is 2.66. The lowest BCUT2D eigenvalue weighted by Gasteiger charge is -2.23. The van der Waals surface area contributed by atoms with Crippen LogP contribution < -0.4 is 5.73 Å². The van der Waals surface area contributed by atoms with Gasteiger partial charge in [0.05, 0.1) is 0 Å². The number of halogens is 2. The van der Waals surface area contributed by atoms with E-state index in [-0.39, 0.29) is 13.0 Å². The summed E-state index contributed by atoms with van der Waals surface area (Å²) in [6, 6.07) is 13.3. The number of hydrogen-bond donors (Lipinski definition) is 1. The highest BCUT2D eigenvalue weighted by atomic mass is 19.3. The van der Waals surface area contributed by atoms with Crippen molar-refractivity contribution in [2.24, 2.45) is 5.73 Å². The van der Waals surface area contributed by atoms with E-state index in [0.29, 0.717) is 5.56 Å². The summed E-state index contributed by atoms with van der Waals surface area (Å²) in [5.74, 6) is -5.97. The van der Waals surface area contributed by atoms with Crippen molar-refractivity contribution < 1.29 is 27.8 Å². The molecule has 0 heterocycles. The van der Waals surface area contributed by atoms with Gasteiger partial charge in [0.1, 0.15) is 18.2 Å². The standard InChI is InChI=1S/C22H25F2NO4/c1-21(2,3)29-20(27)22(23,24)17-11-9-15(10-12-17)13-18(25)19(26)28-14-16-7-5-4-6-8-16/h4-12,18H,13-14,25H2,1-3H3. The van der Waals surface area contributed by atoms with E-state index in [1.807, 2.05) is 30.3 Å². The van der Waals surface area contributed by atoms with Gasteiger partial charge >= 0.3 is 17.9 Å². The Morgan fingerprint density at radius 3 is 2.10 bits per heavy atom. The number of carbonyl (C=O) groups excluding carboxylic acids is 2. The smallest absolute Gasteiger partial charge is 0.382 e. The largest absolute Gasteiger partial charge is 0.460 e. The van der Waals surface area contributed by atoms with E-state index in [2.05, 4.69) is 0 Å². The Hall–Kier alpha value is -2.80. The van der Waals surface area contributed by atoms with E-state index in [1.54, 1.807) is 0 Å². The summed E-state index contributed by atoms with van der Waals surface area (Å²) in [7, 11) is 0. The fourth-order valence-corrected chi connectivity index (χ4v) is 2.48. The van der Waals surface area contributed by atoms with Crippen molar-refractivity contribution in [1.29, 1.82) is 0 Å². The molecule has 29 heavy (non-hydrogen) atoms. The molecule has 2 N–H and O–H groups in total. The predicted molar refractivity (Wildman–Crippen MR) is 104 cm³/mol. The topological polar surface area (TPSA) is 78.6 Å². The van der Waals surface area contributed by atoms with Gasteiger partial charge in [-0.3, -0.25) is 4.79 Å². The van der Waals surface area contributed by atoms with Crippen LogP contribution in [0.2, 0.25) is 0 Å². The van der Waals surface area contributed by atoms with E-state index >= 15 is 0 Å². The van der Waals surface area contributed by atoms with Crippen LogP contribution in [0.3, 0.4) is 0 Å². The molecular weight excluding hydrogens is 380 g/mol. The molecule has 0 spiro atoms. The van der Waals surface area contributed by atoms with Gasteiger partial charge in [-0.1, -0.05) is 54.6 Å². The number of nitrogens with two attached hydrogens (primary N) is 1. The molecule has 2 rings (SSSR count).